The molecule has 1 aliphatic rings. The molecule has 1 aromatic carbocycles. The van der Waals surface area contributed by atoms with E-state index in [9.17, 15) is 19.2 Å². The minimum absolute atomic E-state index is 0.140. The van der Waals surface area contributed by atoms with Crippen molar-refractivity contribution in [2.75, 3.05) is 26.3 Å². The van der Waals surface area contributed by atoms with E-state index in [1.165, 1.54) is 0 Å². The molecule has 0 spiro atoms. The molecule has 0 radical (unpaired) electrons. The molecule has 1 aromatic rings. The number of ketones is 1. The van der Waals surface area contributed by atoms with Crippen LogP contribution in [0.2, 0.25) is 0 Å². The van der Waals surface area contributed by atoms with Crippen LogP contribution >= 0.6 is 0 Å². The molecule has 1 aliphatic heterocycles. The zero-order valence-corrected chi connectivity index (χ0v) is 19.1. The van der Waals surface area contributed by atoms with E-state index in [0.29, 0.717) is 32.7 Å². The average Bonchev–Trinajstić information content (AvgIpc) is 2.80. The quantitative estimate of drug-likeness (QED) is 0.467. The summed E-state index contributed by atoms with van der Waals surface area (Å²) in [4.78, 5) is 52.0. The number of Topliss-reactive ketones (excluding diaryl/α,β-unsaturated/α-hetero) is 1. The number of hydrogen-bond donors (Lipinski definition) is 3. The number of carbonyl (C=O) groups excluding carboxylic acids is 4. The predicted octanol–water partition coefficient (Wildman–Crippen LogP) is 1.22. The second kappa shape index (κ2) is 12.8. The number of carbonyl (C=O) groups is 4. The van der Waals surface area contributed by atoms with Gasteiger partial charge < -0.3 is 25.6 Å². The van der Waals surface area contributed by atoms with E-state index in [0.717, 1.165) is 5.56 Å². The van der Waals surface area contributed by atoms with Crippen LogP contribution in [0.5, 0.6) is 0 Å². The average molecular weight is 447 g/mol. The van der Waals surface area contributed by atoms with Crippen LogP contribution < -0.4 is 16.0 Å². The first-order valence-electron chi connectivity index (χ1n) is 11.1. The van der Waals surface area contributed by atoms with Crippen molar-refractivity contribution in [3.05, 3.63) is 35.9 Å². The standard InChI is InChI=1S/C23H34N4O5/c1-4-18(20(28)22(30)24-15-17-8-6-5-7-9-17)25-21(29)19(14-16(2)3)26-23(31)27-10-12-32-13-11-27/h5-9,16,18-19H,4,10-15H2,1-3H3,(H,24,30)(H,25,29)(H,26,31)/t18-,19-/m0/s1. The van der Waals surface area contributed by atoms with Crippen LogP contribution in [-0.4, -0.2) is 66.9 Å². The largest absolute Gasteiger partial charge is 0.378 e. The summed E-state index contributed by atoms with van der Waals surface area (Å²) in [6, 6.07) is 7.14. The Morgan fingerprint density at radius 1 is 1.00 bits per heavy atom. The van der Waals surface area contributed by atoms with Crippen LogP contribution in [0.15, 0.2) is 30.3 Å². The van der Waals surface area contributed by atoms with Gasteiger partial charge in [-0.05, 0) is 24.3 Å². The number of ether oxygens (including phenoxy) is 1. The highest BCUT2D eigenvalue weighted by Crippen LogP contribution is 2.08. The lowest BCUT2D eigenvalue weighted by Crippen LogP contribution is -2.56. The maximum atomic E-state index is 12.9. The van der Waals surface area contributed by atoms with Crippen LogP contribution in [0.1, 0.15) is 39.2 Å². The number of benzene rings is 1. The maximum Gasteiger partial charge on any atom is 0.318 e. The van der Waals surface area contributed by atoms with E-state index in [1.807, 2.05) is 44.2 Å². The second-order valence-corrected chi connectivity index (χ2v) is 8.23. The van der Waals surface area contributed by atoms with E-state index in [4.69, 9.17) is 4.74 Å². The number of rotatable bonds is 10. The zero-order chi connectivity index (χ0) is 23.5. The normalized spacial score (nSPS) is 15.6. The van der Waals surface area contributed by atoms with Gasteiger partial charge in [0.25, 0.3) is 5.91 Å². The summed E-state index contributed by atoms with van der Waals surface area (Å²) in [7, 11) is 0. The van der Waals surface area contributed by atoms with Crippen molar-refractivity contribution in [3.8, 4) is 0 Å². The Bertz CT molecular complexity index is 778. The summed E-state index contributed by atoms with van der Waals surface area (Å²) in [5.41, 5.74) is 0.869. The molecule has 1 heterocycles. The molecule has 2 atom stereocenters. The molecule has 2 rings (SSSR count). The van der Waals surface area contributed by atoms with Gasteiger partial charge in [-0.25, -0.2) is 4.79 Å². The monoisotopic (exact) mass is 446 g/mol. The van der Waals surface area contributed by atoms with Crippen molar-refractivity contribution in [3.63, 3.8) is 0 Å². The summed E-state index contributed by atoms with van der Waals surface area (Å²) < 4.78 is 5.25. The minimum Gasteiger partial charge on any atom is -0.378 e. The molecule has 0 aromatic heterocycles. The summed E-state index contributed by atoms with van der Waals surface area (Å²) in [5.74, 6) is -1.80. The molecule has 0 unspecified atom stereocenters. The molecule has 9 heteroatoms. The Morgan fingerprint density at radius 3 is 2.25 bits per heavy atom. The van der Waals surface area contributed by atoms with Crippen molar-refractivity contribution in [1.29, 1.82) is 0 Å². The smallest absolute Gasteiger partial charge is 0.318 e. The molecular weight excluding hydrogens is 412 g/mol. The Balaban J connectivity index is 1.95. The second-order valence-electron chi connectivity index (χ2n) is 8.23. The fourth-order valence-corrected chi connectivity index (χ4v) is 3.36. The van der Waals surface area contributed by atoms with Gasteiger partial charge in [0, 0.05) is 19.6 Å². The van der Waals surface area contributed by atoms with Gasteiger partial charge in [-0.15, -0.1) is 0 Å². The van der Waals surface area contributed by atoms with Crippen LogP contribution in [0, 0.1) is 5.92 Å². The third kappa shape index (κ3) is 7.96. The van der Waals surface area contributed by atoms with Gasteiger partial charge in [0.05, 0.1) is 19.3 Å². The van der Waals surface area contributed by atoms with Gasteiger partial charge in [0.15, 0.2) is 0 Å². The Morgan fingerprint density at radius 2 is 1.66 bits per heavy atom. The summed E-state index contributed by atoms with van der Waals surface area (Å²) >= 11 is 0. The SMILES string of the molecule is CC[C@H](NC(=O)[C@H](CC(C)C)NC(=O)N1CCOCC1)C(=O)C(=O)NCc1ccccc1. The lowest BCUT2D eigenvalue weighted by molar-refractivity contribution is -0.140. The van der Waals surface area contributed by atoms with Crippen LogP contribution in [0.4, 0.5) is 4.79 Å². The fraction of sp³-hybridized carbons (Fsp3) is 0.565. The van der Waals surface area contributed by atoms with Gasteiger partial charge >= 0.3 is 6.03 Å². The third-order valence-electron chi connectivity index (χ3n) is 5.18. The highest BCUT2D eigenvalue weighted by atomic mass is 16.5. The van der Waals surface area contributed by atoms with Crippen molar-refractivity contribution >= 4 is 23.6 Å². The number of amides is 4. The molecule has 1 fully saturated rings. The number of urea groups is 1. The van der Waals surface area contributed by atoms with Crippen LogP contribution in [-0.2, 0) is 25.7 Å². The van der Waals surface area contributed by atoms with Gasteiger partial charge in [-0.3, -0.25) is 14.4 Å². The summed E-state index contributed by atoms with van der Waals surface area (Å²) in [6.45, 7) is 7.66. The highest BCUT2D eigenvalue weighted by Gasteiger charge is 2.30. The molecule has 32 heavy (non-hydrogen) atoms. The molecule has 4 amide bonds. The van der Waals surface area contributed by atoms with E-state index in [1.54, 1.807) is 11.8 Å². The Kier molecular flexibility index (Phi) is 10.1. The number of nitrogens with zero attached hydrogens (tertiary/aromatic N) is 1. The zero-order valence-electron chi connectivity index (χ0n) is 19.1. The highest BCUT2D eigenvalue weighted by molar-refractivity contribution is 6.38. The van der Waals surface area contributed by atoms with Crippen molar-refractivity contribution in [1.82, 2.24) is 20.9 Å². The molecule has 3 N–H and O–H groups in total. The van der Waals surface area contributed by atoms with E-state index in [2.05, 4.69) is 16.0 Å². The number of hydrogen-bond acceptors (Lipinski definition) is 5. The lowest BCUT2D eigenvalue weighted by atomic mass is 10.0. The van der Waals surface area contributed by atoms with E-state index < -0.39 is 29.7 Å². The van der Waals surface area contributed by atoms with Crippen molar-refractivity contribution in [2.24, 2.45) is 5.92 Å². The van der Waals surface area contributed by atoms with Gasteiger partial charge in [-0.2, -0.15) is 0 Å². The van der Waals surface area contributed by atoms with E-state index in [-0.39, 0.29) is 24.9 Å². The molecule has 0 aliphatic carbocycles. The number of morpholine rings is 1. The first kappa shape index (κ1) is 25.3. The van der Waals surface area contributed by atoms with Crippen LogP contribution in [0.25, 0.3) is 0 Å². The maximum absolute atomic E-state index is 12.9. The minimum atomic E-state index is -0.965. The third-order valence-corrected chi connectivity index (χ3v) is 5.18. The topological polar surface area (TPSA) is 117 Å². The molecule has 0 saturated carbocycles. The Labute approximate surface area is 189 Å². The Hall–Kier alpha value is -2.94. The summed E-state index contributed by atoms with van der Waals surface area (Å²) in [6.07, 6.45) is 0.669. The van der Waals surface area contributed by atoms with Gasteiger partial charge in [0.1, 0.15) is 6.04 Å². The van der Waals surface area contributed by atoms with Gasteiger partial charge in [0.2, 0.25) is 11.7 Å². The van der Waals surface area contributed by atoms with Crippen molar-refractivity contribution in [2.45, 2.75) is 52.2 Å². The molecule has 1 saturated heterocycles. The predicted molar refractivity (Wildman–Crippen MR) is 120 cm³/mol. The molecule has 9 nitrogen and oxygen atoms in total. The summed E-state index contributed by atoms with van der Waals surface area (Å²) in [5, 5.41) is 8.02. The first-order chi connectivity index (χ1) is 15.3. The van der Waals surface area contributed by atoms with E-state index >= 15 is 0 Å². The van der Waals surface area contributed by atoms with Crippen LogP contribution in [0.3, 0.4) is 0 Å². The molecular formula is C23H34N4O5. The van der Waals surface area contributed by atoms with Gasteiger partial charge in [-0.1, -0.05) is 51.1 Å². The molecule has 0 bridgehead atoms. The fourth-order valence-electron chi connectivity index (χ4n) is 3.36. The molecule has 176 valence electrons. The first-order valence-corrected chi connectivity index (χ1v) is 11.1. The number of nitrogens with one attached hydrogen (secondary N) is 3. The lowest BCUT2D eigenvalue weighted by Gasteiger charge is -2.30. The van der Waals surface area contributed by atoms with Crippen molar-refractivity contribution < 1.29 is 23.9 Å².